The molecule has 32 heavy (non-hydrogen) atoms. The monoisotopic (exact) mass is 435 g/mol. The van der Waals surface area contributed by atoms with E-state index in [1.54, 1.807) is 6.07 Å². The number of fused-ring (bicyclic) bond motifs is 1. The van der Waals surface area contributed by atoms with E-state index in [1.165, 1.54) is 13.3 Å². The average molecular weight is 436 g/mol. The molecule has 0 saturated carbocycles. The minimum absolute atomic E-state index is 0.0850. The summed E-state index contributed by atoms with van der Waals surface area (Å²) in [4.78, 5) is 25.8. The van der Waals surface area contributed by atoms with Gasteiger partial charge in [-0.3, -0.25) is 0 Å². The van der Waals surface area contributed by atoms with Gasteiger partial charge in [-0.25, -0.2) is 19.7 Å². The van der Waals surface area contributed by atoms with Crippen LogP contribution < -0.4 is 0 Å². The predicted octanol–water partition coefficient (Wildman–Crippen LogP) is 4.73. The topological polar surface area (TPSA) is 86.7 Å². The number of hydrogen-bond donors (Lipinski definition) is 0. The maximum atomic E-state index is 11.9. The third-order valence-corrected chi connectivity index (χ3v) is 5.22. The van der Waals surface area contributed by atoms with Crippen molar-refractivity contribution in [2.45, 2.75) is 64.4 Å². The minimum Gasteiger partial charge on any atom is -0.465 e. The molecule has 0 radical (unpaired) electrons. The van der Waals surface area contributed by atoms with Crippen molar-refractivity contribution in [2.24, 2.45) is 0 Å². The zero-order valence-corrected chi connectivity index (χ0v) is 19.0. The Hall–Kier alpha value is -2.90. The number of epoxide rings is 1. The molecule has 0 aliphatic carbocycles. The van der Waals surface area contributed by atoms with Crippen LogP contribution in [-0.2, 0) is 20.6 Å². The summed E-state index contributed by atoms with van der Waals surface area (Å²) in [6, 6.07) is 11.7. The SMILES string of the molecule is COC(=O)c1cnc2nc(-c3ccccc3)c(CCCCC3OC3OC(C)(C)C)nc2c1. The van der Waals surface area contributed by atoms with Crippen LogP contribution in [-0.4, -0.2) is 46.0 Å². The second kappa shape index (κ2) is 9.30. The van der Waals surface area contributed by atoms with Gasteiger partial charge < -0.3 is 14.2 Å². The molecule has 1 saturated heterocycles. The third kappa shape index (κ3) is 5.47. The van der Waals surface area contributed by atoms with Crippen molar-refractivity contribution in [3.05, 3.63) is 53.9 Å². The maximum absolute atomic E-state index is 11.9. The molecule has 3 aromatic rings. The first-order valence-corrected chi connectivity index (χ1v) is 11.0. The fraction of sp³-hybridized carbons (Fsp3) is 0.440. The van der Waals surface area contributed by atoms with Gasteiger partial charge in [0.15, 0.2) is 11.9 Å². The Kier molecular flexibility index (Phi) is 6.48. The lowest BCUT2D eigenvalue weighted by atomic mass is 10.0. The van der Waals surface area contributed by atoms with Gasteiger partial charge in [0, 0.05) is 11.8 Å². The largest absolute Gasteiger partial charge is 0.465 e. The number of pyridine rings is 1. The first-order chi connectivity index (χ1) is 15.3. The Morgan fingerprint density at radius 2 is 1.91 bits per heavy atom. The lowest BCUT2D eigenvalue weighted by molar-refractivity contribution is -0.0570. The van der Waals surface area contributed by atoms with E-state index >= 15 is 0 Å². The molecule has 3 heterocycles. The van der Waals surface area contributed by atoms with E-state index in [1.807, 2.05) is 51.1 Å². The number of aromatic nitrogens is 3. The summed E-state index contributed by atoms with van der Waals surface area (Å²) >= 11 is 0. The summed E-state index contributed by atoms with van der Waals surface area (Å²) in [5, 5.41) is 0. The van der Waals surface area contributed by atoms with Crippen molar-refractivity contribution in [3.63, 3.8) is 0 Å². The van der Waals surface area contributed by atoms with Crippen LogP contribution in [0, 0.1) is 0 Å². The Morgan fingerprint density at radius 3 is 2.62 bits per heavy atom. The molecule has 168 valence electrons. The number of carbonyl (C=O) groups excluding carboxylic acids is 1. The molecular weight excluding hydrogens is 406 g/mol. The molecule has 0 N–H and O–H groups in total. The first-order valence-electron chi connectivity index (χ1n) is 11.0. The molecule has 2 atom stereocenters. The molecule has 7 nitrogen and oxygen atoms in total. The van der Waals surface area contributed by atoms with Crippen molar-refractivity contribution in [1.29, 1.82) is 0 Å². The summed E-state index contributed by atoms with van der Waals surface area (Å²) in [6.45, 7) is 6.11. The molecular formula is C25H29N3O4. The van der Waals surface area contributed by atoms with Crippen LogP contribution >= 0.6 is 0 Å². The van der Waals surface area contributed by atoms with Crippen molar-refractivity contribution in [2.75, 3.05) is 7.11 Å². The predicted molar refractivity (Wildman–Crippen MR) is 121 cm³/mol. The number of hydrogen-bond acceptors (Lipinski definition) is 7. The highest BCUT2D eigenvalue weighted by molar-refractivity contribution is 5.92. The van der Waals surface area contributed by atoms with Crippen molar-refractivity contribution < 1.29 is 19.0 Å². The molecule has 1 aromatic carbocycles. The Balaban J connectivity index is 1.50. The fourth-order valence-corrected chi connectivity index (χ4v) is 3.64. The molecule has 4 rings (SSSR count). The number of methoxy groups -OCH3 is 1. The van der Waals surface area contributed by atoms with E-state index in [2.05, 4.69) is 4.98 Å². The van der Waals surface area contributed by atoms with Gasteiger partial charge >= 0.3 is 5.97 Å². The summed E-state index contributed by atoms with van der Waals surface area (Å²) in [7, 11) is 1.35. The lowest BCUT2D eigenvalue weighted by Crippen LogP contribution is -2.21. The fourth-order valence-electron chi connectivity index (χ4n) is 3.64. The second-order valence-electron chi connectivity index (χ2n) is 8.96. The van der Waals surface area contributed by atoms with E-state index in [-0.39, 0.29) is 18.0 Å². The minimum atomic E-state index is -0.439. The van der Waals surface area contributed by atoms with Gasteiger partial charge in [-0.1, -0.05) is 36.8 Å². The van der Waals surface area contributed by atoms with Crippen LogP contribution in [0.3, 0.4) is 0 Å². The highest BCUT2D eigenvalue weighted by atomic mass is 16.8. The van der Waals surface area contributed by atoms with Crippen LogP contribution in [0.5, 0.6) is 0 Å². The van der Waals surface area contributed by atoms with E-state index in [9.17, 15) is 4.79 Å². The van der Waals surface area contributed by atoms with Crippen LogP contribution in [0.1, 0.15) is 56.1 Å². The zero-order chi connectivity index (χ0) is 22.7. The summed E-state index contributed by atoms with van der Waals surface area (Å²) in [5.74, 6) is -0.439. The third-order valence-electron chi connectivity index (χ3n) is 5.22. The van der Waals surface area contributed by atoms with Gasteiger partial charge in [0.05, 0.1) is 29.7 Å². The number of carbonyl (C=O) groups is 1. The molecule has 1 aliphatic heterocycles. The van der Waals surface area contributed by atoms with Gasteiger partial charge in [0.1, 0.15) is 11.6 Å². The maximum Gasteiger partial charge on any atom is 0.339 e. The number of aryl methyl sites for hydroxylation is 1. The first kappa shape index (κ1) is 22.3. The van der Waals surface area contributed by atoms with Crippen molar-refractivity contribution >= 4 is 17.1 Å². The van der Waals surface area contributed by atoms with Crippen LogP contribution in [0.15, 0.2) is 42.6 Å². The quantitative estimate of drug-likeness (QED) is 0.287. The second-order valence-corrected chi connectivity index (χ2v) is 8.96. The zero-order valence-electron chi connectivity index (χ0n) is 19.0. The van der Waals surface area contributed by atoms with Crippen molar-refractivity contribution in [3.8, 4) is 11.3 Å². The molecule has 0 bridgehead atoms. The number of benzene rings is 1. The van der Waals surface area contributed by atoms with Gasteiger partial charge in [0.2, 0.25) is 0 Å². The molecule has 2 unspecified atom stereocenters. The number of unbranched alkanes of at least 4 members (excludes halogenated alkanes) is 1. The van der Waals surface area contributed by atoms with Crippen molar-refractivity contribution in [1.82, 2.24) is 15.0 Å². The molecule has 1 aliphatic rings. The van der Waals surface area contributed by atoms with E-state index in [0.717, 1.165) is 42.6 Å². The normalized spacial score (nSPS) is 18.0. The number of nitrogens with zero attached hydrogens (tertiary/aromatic N) is 3. The van der Waals surface area contributed by atoms with Crippen LogP contribution in [0.4, 0.5) is 0 Å². The Labute approximate surface area is 188 Å². The number of esters is 1. The van der Waals surface area contributed by atoms with Gasteiger partial charge in [-0.2, -0.15) is 0 Å². The standard InChI is InChI=1S/C25H29N3O4/c1-25(2,3)32-24-20(31-24)13-9-8-12-18-21(16-10-6-5-7-11-16)28-22-19(27-18)14-17(15-26-22)23(29)30-4/h5-7,10-11,14-15,20,24H,8-9,12-13H2,1-4H3. The average Bonchev–Trinajstić information content (AvgIpc) is 3.51. The van der Waals surface area contributed by atoms with Gasteiger partial charge in [-0.05, 0) is 46.1 Å². The highest BCUT2D eigenvalue weighted by Crippen LogP contribution is 2.32. The molecule has 7 heteroatoms. The summed E-state index contributed by atoms with van der Waals surface area (Å²) < 4.78 is 16.3. The van der Waals surface area contributed by atoms with E-state index in [4.69, 9.17) is 24.2 Å². The van der Waals surface area contributed by atoms with Crippen LogP contribution in [0.25, 0.3) is 22.4 Å². The Morgan fingerprint density at radius 1 is 1.12 bits per heavy atom. The number of ether oxygens (including phenoxy) is 3. The smallest absolute Gasteiger partial charge is 0.339 e. The van der Waals surface area contributed by atoms with E-state index in [0.29, 0.717) is 16.7 Å². The number of rotatable bonds is 8. The summed E-state index contributed by atoms with van der Waals surface area (Å²) in [5.41, 5.74) is 3.99. The van der Waals surface area contributed by atoms with Crippen LogP contribution in [0.2, 0.25) is 0 Å². The highest BCUT2D eigenvalue weighted by Gasteiger charge is 2.41. The lowest BCUT2D eigenvalue weighted by Gasteiger charge is -2.17. The molecule has 0 spiro atoms. The molecule has 1 fully saturated rings. The molecule has 0 amide bonds. The van der Waals surface area contributed by atoms with Gasteiger partial charge in [-0.15, -0.1) is 0 Å². The van der Waals surface area contributed by atoms with Gasteiger partial charge in [0.25, 0.3) is 0 Å². The van der Waals surface area contributed by atoms with E-state index < -0.39 is 5.97 Å². The summed E-state index contributed by atoms with van der Waals surface area (Å²) in [6.07, 6.45) is 5.25. The Bertz CT molecular complexity index is 1100. The molecule has 2 aromatic heterocycles.